The maximum atomic E-state index is 12.3. The minimum atomic E-state index is -0.359. The van der Waals surface area contributed by atoms with Crippen LogP contribution in [-0.2, 0) is 0 Å². The fourth-order valence-electron chi connectivity index (χ4n) is 2.99. The van der Waals surface area contributed by atoms with E-state index in [9.17, 15) is 4.79 Å². The molecule has 162 valence electrons. The molecule has 0 aliphatic rings. The van der Waals surface area contributed by atoms with Crippen LogP contribution in [0.15, 0.2) is 65.6 Å². The summed E-state index contributed by atoms with van der Waals surface area (Å²) in [5.74, 6) is 1.65. The van der Waals surface area contributed by atoms with Crippen molar-refractivity contribution in [1.29, 1.82) is 0 Å². The number of nitrogens with one attached hydrogen (secondary N) is 1. The molecule has 2 aromatic carbocycles. The fraction of sp³-hybridized carbons (Fsp3) is 0.174. The highest BCUT2D eigenvalue weighted by molar-refractivity contribution is 6.02. The van der Waals surface area contributed by atoms with Crippen molar-refractivity contribution in [3.8, 4) is 34.3 Å². The standard InChI is InChI=1S/C23H21N5O4/c1-3-30-19-9-8-16(13-20(19)31-4-2)23-27-21(28-32-23)15-6-5-7-17(12-15)26-22(29)18-14-24-10-11-25-18/h5-14H,3-4H2,1-2H3,(H,26,29). The molecule has 9 heteroatoms. The summed E-state index contributed by atoms with van der Waals surface area (Å²) in [5.41, 5.74) is 2.19. The summed E-state index contributed by atoms with van der Waals surface area (Å²) in [6, 6.07) is 12.6. The lowest BCUT2D eigenvalue weighted by Gasteiger charge is -2.11. The van der Waals surface area contributed by atoms with Crippen molar-refractivity contribution in [2.24, 2.45) is 0 Å². The molecule has 1 amide bonds. The molecule has 0 spiro atoms. The predicted molar refractivity (Wildman–Crippen MR) is 117 cm³/mol. The lowest BCUT2D eigenvalue weighted by atomic mass is 10.1. The van der Waals surface area contributed by atoms with Gasteiger partial charge in [-0.25, -0.2) is 4.98 Å². The Morgan fingerprint density at radius 1 is 1.00 bits per heavy atom. The SMILES string of the molecule is CCOc1ccc(-c2nc(-c3cccc(NC(=O)c4cnccn4)c3)no2)cc1OCC. The van der Waals surface area contributed by atoms with Crippen LogP contribution in [0.2, 0.25) is 0 Å². The molecule has 0 radical (unpaired) electrons. The van der Waals surface area contributed by atoms with Crippen LogP contribution in [0.25, 0.3) is 22.8 Å². The van der Waals surface area contributed by atoms with Gasteiger partial charge in [0, 0.05) is 29.2 Å². The van der Waals surface area contributed by atoms with E-state index < -0.39 is 0 Å². The van der Waals surface area contributed by atoms with Gasteiger partial charge in [-0.2, -0.15) is 4.98 Å². The molecule has 32 heavy (non-hydrogen) atoms. The second kappa shape index (κ2) is 9.69. The van der Waals surface area contributed by atoms with Crippen LogP contribution in [0.3, 0.4) is 0 Å². The molecule has 1 N–H and O–H groups in total. The zero-order valence-electron chi connectivity index (χ0n) is 17.6. The molecule has 4 aromatic rings. The first kappa shape index (κ1) is 21.0. The molecule has 0 aliphatic heterocycles. The summed E-state index contributed by atoms with van der Waals surface area (Å²) < 4.78 is 16.7. The number of rotatable bonds is 8. The monoisotopic (exact) mass is 431 g/mol. The molecule has 0 aliphatic carbocycles. The molecule has 9 nitrogen and oxygen atoms in total. The van der Waals surface area contributed by atoms with E-state index in [-0.39, 0.29) is 11.6 Å². The van der Waals surface area contributed by atoms with Gasteiger partial charge in [-0.1, -0.05) is 17.3 Å². The highest BCUT2D eigenvalue weighted by Crippen LogP contribution is 2.33. The minimum absolute atomic E-state index is 0.223. The second-order valence-corrected chi connectivity index (χ2v) is 6.58. The number of benzene rings is 2. The number of hydrogen-bond acceptors (Lipinski definition) is 8. The van der Waals surface area contributed by atoms with Gasteiger partial charge in [0.15, 0.2) is 11.5 Å². The van der Waals surface area contributed by atoms with Gasteiger partial charge in [0.2, 0.25) is 5.82 Å². The van der Waals surface area contributed by atoms with Crippen LogP contribution in [0.1, 0.15) is 24.3 Å². The lowest BCUT2D eigenvalue weighted by Crippen LogP contribution is -2.13. The van der Waals surface area contributed by atoms with Crippen LogP contribution >= 0.6 is 0 Å². The Balaban J connectivity index is 1.56. The first-order valence-corrected chi connectivity index (χ1v) is 10.1. The number of nitrogens with zero attached hydrogens (tertiary/aromatic N) is 4. The maximum Gasteiger partial charge on any atom is 0.275 e. The molecular formula is C23H21N5O4. The molecule has 2 heterocycles. The number of amides is 1. The third-order valence-electron chi connectivity index (χ3n) is 4.39. The third-order valence-corrected chi connectivity index (χ3v) is 4.39. The van der Waals surface area contributed by atoms with Crippen LogP contribution in [0, 0.1) is 0 Å². The van der Waals surface area contributed by atoms with E-state index in [0.717, 1.165) is 0 Å². The molecule has 0 unspecified atom stereocenters. The van der Waals surface area contributed by atoms with Crippen LogP contribution in [-0.4, -0.2) is 39.2 Å². The Kier molecular flexibility index (Phi) is 6.35. The Labute approximate surface area is 184 Å². The van der Waals surface area contributed by atoms with E-state index in [1.807, 2.05) is 38.1 Å². The largest absolute Gasteiger partial charge is 0.490 e. The van der Waals surface area contributed by atoms with Gasteiger partial charge in [0.1, 0.15) is 5.69 Å². The number of anilines is 1. The highest BCUT2D eigenvalue weighted by Gasteiger charge is 2.15. The average molecular weight is 431 g/mol. The highest BCUT2D eigenvalue weighted by atomic mass is 16.5. The first-order valence-electron chi connectivity index (χ1n) is 10.1. The number of ether oxygens (including phenoxy) is 2. The lowest BCUT2D eigenvalue weighted by molar-refractivity contribution is 0.102. The topological polar surface area (TPSA) is 112 Å². The van der Waals surface area contributed by atoms with Crippen LogP contribution in [0.5, 0.6) is 11.5 Å². The van der Waals surface area contributed by atoms with Gasteiger partial charge in [-0.05, 0) is 44.2 Å². The maximum absolute atomic E-state index is 12.3. The summed E-state index contributed by atoms with van der Waals surface area (Å²) in [7, 11) is 0. The van der Waals surface area contributed by atoms with Crippen molar-refractivity contribution in [1.82, 2.24) is 20.1 Å². The van der Waals surface area contributed by atoms with E-state index in [2.05, 4.69) is 25.4 Å². The van der Waals surface area contributed by atoms with Crippen molar-refractivity contribution in [2.45, 2.75) is 13.8 Å². The molecule has 0 bridgehead atoms. The summed E-state index contributed by atoms with van der Waals surface area (Å²) in [5, 5.41) is 6.87. The van der Waals surface area contributed by atoms with Crippen molar-refractivity contribution in [3.63, 3.8) is 0 Å². The van der Waals surface area contributed by atoms with E-state index in [0.29, 0.717) is 53.2 Å². The average Bonchev–Trinajstić information content (AvgIpc) is 3.32. The fourth-order valence-corrected chi connectivity index (χ4v) is 2.99. The summed E-state index contributed by atoms with van der Waals surface area (Å²) >= 11 is 0. The number of carbonyl (C=O) groups excluding carboxylic acids is 1. The number of hydrogen-bond donors (Lipinski definition) is 1. The third kappa shape index (κ3) is 4.72. The molecule has 0 atom stereocenters. The van der Waals surface area contributed by atoms with Crippen molar-refractivity contribution in [2.75, 3.05) is 18.5 Å². The Morgan fingerprint density at radius 2 is 1.84 bits per heavy atom. The zero-order valence-corrected chi connectivity index (χ0v) is 17.6. The Morgan fingerprint density at radius 3 is 2.62 bits per heavy atom. The Bertz CT molecular complexity index is 1210. The van der Waals surface area contributed by atoms with Crippen molar-refractivity contribution in [3.05, 3.63) is 66.7 Å². The van der Waals surface area contributed by atoms with Crippen LogP contribution in [0.4, 0.5) is 5.69 Å². The molecule has 0 fully saturated rings. The number of carbonyl (C=O) groups is 1. The Hall–Kier alpha value is -4.27. The smallest absolute Gasteiger partial charge is 0.275 e. The minimum Gasteiger partial charge on any atom is -0.490 e. The van der Waals surface area contributed by atoms with Gasteiger partial charge in [-0.3, -0.25) is 9.78 Å². The van der Waals surface area contributed by atoms with Gasteiger partial charge in [0.05, 0.1) is 19.4 Å². The van der Waals surface area contributed by atoms with E-state index in [1.165, 1.54) is 18.6 Å². The van der Waals surface area contributed by atoms with E-state index >= 15 is 0 Å². The van der Waals surface area contributed by atoms with Gasteiger partial charge in [-0.15, -0.1) is 0 Å². The zero-order chi connectivity index (χ0) is 22.3. The second-order valence-electron chi connectivity index (χ2n) is 6.58. The number of aromatic nitrogens is 4. The quantitative estimate of drug-likeness (QED) is 0.441. The van der Waals surface area contributed by atoms with Gasteiger partial charge in [0.25, 0.3) is 11.8 Å². The first-order chi connectivity index (χ1) is 15.7. The predicted octanol–water partition coefficient (Wildman–Crippen LogP) is 4.24. The summed E-state index contributed by atoms with van der Waals surface area (Å²) in [6.07, 6.45) is 4.37. The normalized spacial score (nSPS) is 10.6. The van der Waals surface area contributed by atoms with Crippen molar-refractivity contribution >= 4 is 11.6 Å². The molecule has 0 saturated heterocycles. The molecule has 2 aromatic heterocycles. The van der Waals surface area contributed by atoms with Gasteiger partial charge >= 0.3 is 0 Å². The van der Waals surface area contributed by atoms with E-state index in [1.54, 1.807) is 18.2 Å². The molecule has 0 saturated carbocycles. The summed E-state index contributed by atoms with van der Waals surface area (Å²) in [4.78, 5) is 24.7. The van der Waals surface area contributed by atoms with Crippen molar-refractivity contribution < 1.29 is 18.8 Å². The molecular weight excluding hydrogens is 410 g/mol. The van der Waals surface area contributed by atoms with Gasteiger partial charge < -0.3 is 19.3 Å². The van der Waals surface area contributed by atoms with Crippen LogP contribution < -0.4 is 14.8 Å². The molecule has 4 rings (SSSR count). The summed E-state index contributed by atoms with van der Waals surface area (Å²) in [6.45, 7) is 4.86. The van der Waals surface area contributed by atoms with E-state index in [4.69, 9.17) is 14.0 Å².